The second kappa shape index (κ2) is 8.77. The molecule has 0 fully saturated rings. The number of hydrogen-bond donors (Lipinski definition) is 2. The van der Waals surface area contributed by atoms with E-state index in [2.05, 4.69) is 20.5 Å². The average molecular weight is 381 g/mol. The van der Waals surface area contributed by atoms with Gasteiger partial charge in [0.05, 0.1) is 27.3 Å². The number of imidazole rings is 1. The van der Waals surface area contributed by atoms with Gasteiger partial charge in [0.1, 0.15) is 0 Å². The second-order valence-corrected chi connectivity index (χ2v) is 6.30. The molecule has 2 aromatic carbocycles. The van der Waals surface area contributed by atoms with Crippen molar-refractivity contribution in [2.45, 2.75) is 5.16 Å². The highest BCUT2D eigenvalue weighted by molar-refractivity contribution is 7.99. The lowest BCUT2D eigenvalue weighted by atomic mass is 10.2. The first-order valence-electron chi connectivity index (χ1n) is 7.93. The Labute approximate surface area is 158 Å². The van der Waals surface area contributed by atoms with Crippen LogP contribution in [-0.2, 0) is 4.79 Å². The molecule has 1 heterocycles. The van der Waals surface area contributed by atoms with Gasteiger partial charge >= 0.3 is 0 Å². The minimum absolute atomic E-state index is 0.00780. The lowest BCUT2D eigenvalue weighted by Gasteiger charge is -1.97. The van der Waals surface area contributed by atoms with Gasteiger partial charge in [-0.05, 0) is 30.4 Å². The number of amides is 1. The van der Waals surface area contributed by atoms with Crippen LogP contribution in [0, 0.1) is 10.1 Å². The van der Waals surface area contributed by atoms with Crippen LogP contribution < -0.4 is 5.43 Å². The van der Waals surface area contributed by atoms with E-state index in [1.165, 1.54) is 30.1 Å². The van der Waals surface area contributed by atoms with Crippen molar-refractivity contribution in [2.75, 3.05) is 5.75 Å². The molecule has 0 aliphatic rings. The molecule has 1 aromatic heterocycles. The zero-order chi connectivity index (χ0) is 19.1. The first kappa shape index (κ1) is 18.3. The van der Waals surface area contributed by atoms with Gasteiger partial charge in [-0.2, -0.15) is 5.10 Å². The van der Waals surface area contributed by atoms with Crippen molar-refractivity contribution in [3.63, 3.8) is 0 Å². The summed E-state index contributed by atoms with van der Waals surface area (Å²) in [7, 11) is 0. The number of H-pyrrole nitrogens is 1. The van der Waals surface area contributed by atoms with Crippen LogP contribution in [-0.4, -0.2) is 32.8 Å². The number of allylic oxidation sites excluding steroid dienone is 1. The molecular weight excluding hydrogens is 366 g/mol. The van der Waals surface area contributed by atoms with Gasteiger partial charge in [-0.3, -0.25) is 14.9 Å². The van der Waals surface area contributed by atoms with E-state index in [9.17, 15) is 14.9 Å². The van der Waals surface area contributed by atoms with Crippen LogP contribution in [0.2, 0.25) is 0 Å². The maximum absolute atomic E-state index is 11.8. The Morgan fingerprint density at radius 3 is 2.85 bits per heavy atom. The first-order valence-corrected chi connectivity index (χ1v) is 8.91. The summed E-state index contributed by atoms with van der Waals surface area (Å²) in [5.41, 5.74) is 4.62. The number of thioether (sulfide) groups is 1. The summed E-state index contributed by atoms with van der Waals surface area (Å²) in [6.07, 6.45) is 4.44. The van der Waals surface area contributed by atoms with Crippen molar-refractivity contribution in [1.82, 2.24) is 15.4 Å². The van der Waals surface area contributed by atoms with Gasteiger partial charge in [0, 0.05) is 12.3 Å². The number of aromatic nitrogens is 2. The Morgan fingerprint density at radius 2 is 2.04 bits per heavy atom. The number of hydrogen-bond acceptors (Lipinski definition) is 6. The summed E-state index contributed by atoms with van der Waals surface area (Å²) in [4.78, 5) is 29.8. The van der Waals surface area contributed by atoms with Crippen LogP contribution in [0.4, 0.5) is 5.69 Å². The van der Waals surface area contributed by atoms with Crippen LogP contribution in [0.5, 0.6) is 0 Å². The van der Waals surface area contributed by atoms with Crippen molar-refractivity contribution < 1.29 is 9.72 Å². The minimum Gasteiger partial charge on any atom is -0.333 e. The van der Waals surface area contributed by atoms with Crippen molar-refractivity contribution in [1.29, 1.82) is 0 Å². The van der Waals surface area contributed by atoms with Gasteiger partial charge in [-0.15, -0.1) is 0 Å². The Bertz CT molecular complexity index is 996. The molecule has 1 amide bonds. The SMILES string of the molecule is O=C(CSc1nc2ccccc2[nH]1)NN=C/C=C\c1ccccc1[N+](=O)[O-]. The van der Waals surface area contributed by atoms with E-state index < -0.39 is 4.92 Å². The molecule has 0 radical (unpaired) electrons. The van der Waals surface area contributed by atoms with E-state index in [1.54, 1.807) is 24.3 Å². The summed E-state index contributed by atoms with van der Waals surface area (Å²) < 4.78 is 0. The lowest BCUT2D eigenvalue weighted by Crippen LogP contribution is -2.19. The number of aromatic amines is 1. The molecule has 27 heavy (non-hydrogen) atoms. The van der Waals surface area contributed by atoms with E-state index in [0.29, 0.717) is 10.7 Å². The summed E-state index contributed by atoms with van der Waals surface area (Å²) in [6, 6.07) is 14.0. The van der Waals surface area contributed by atoms with Crippen LogP contribution in [0.3, 0.4) is 0 Å². The summed E-state index contributed by atoms with van der Waals surface area (Å²) in [6.45, 7) is 0. The number of nitrogens with one attached hydrogen (secondary N) is 2. The van der Waals surface area contributed by atoms with Crippen LogP contribution in [0.15, 0.2) is 64.9 Å². The number of fused-ring (bicyclic) bond motifs is 1. The van der Waals surface area contributed by atoms with Crippen LogP contribution >= 0.6 is 11.8 Å². The van der Waals surface area contributed by atoms with E-state index >= 15 is 0 Å². The number of nitrogens with zero attached hydrogens (tertiary/aromatic N) is 3. The van der Waals surface area contributed by atoms with E-state index in [1.807, 2.05) is 24.3 Å². The van der Waals surface area contributed by atoms with Crippen molar-refractivity contribution >= 4 is 46.7 Å². The van der Waals surface area contributed by atoms with Gasteiger partial charge in [0.2, 0.25) is 0 Å². The number of rotatable bonds is 7. The Hall–Kier alpha value is -3.46. The Balaban J connectivity index is 1.48. The topological polar surface area (TPSA) is 113 Å². The van der Waals surface area contributed by atoms with Crippen LogP contribution in [0.25, 0.3) is 17.1 Å². The molecule has 3 rings (SSSR count). The maximum Gasteiger partial charge on any atom is 0.276 e. The summed E-state index contributed by atoms with van der Waals surface area (Å²) >= 11 is 1.27. The van der Waals surface area contributed by atoms with Gasteiger partial charge in [-0.1, -0.05) is 36.0 Å². The molecule has 136 valence electrons. The quantitative estimate of drug-likeness (QED) is 0.282. The first-order chi connectivity index (χ1) is 13.1. The second-order valence-electron chi connectivity index (χ2n) is 5.34. The van der Waals surface area contributed by atoms with Crippen molar-refractivity contribution in [3.05, 3.63) is 70.3 Å². The highest BCUT2D eigenvalue weighted by Gasteiger charge is 2.08. The average Bonchev–Trinajstić information content (AvgIpc) is 3.09. The number of nitro benzene ring substituents is 1. The van der Waals surface area contributed by atoms with Gasteiger partial charge in [-0.25, -0.2) is 10.4 Å². The maximum atomic E-state index is 11.8. The van der Waals surface area contributed by atoms with E-state index in [-0.39, 0.29) is 17.3 Å². The molecule has 9 heteroatoms. The van der Waals surface area contributed by atoms with Crippen molar-refractivity contribution in [3.8, 4) is 0 Å². The summed E-state index contributed by atoms with van der Waals surface area (Å²) in [5.74, 6) is -0.124. The van der Waals surface area contributed by atoms with Crippen molar-refractivity contribution in [2.24, 2.45) is 5.10 Å². The fourth-order valence-electron chi connectivity index (χ4n) is 2.26. The molecule has 0 saturated heterocycles. The molecule has 0 aliphatic carbocycles. The molecule has 0 bridgehead atoms. The number of benzene rings is 2. The van der Waals surface area contributed by atoms with Gasteiger partial charge in [0.15, 0.2) is 5.16 Å². The van der Waals surface area contributed by atoms with Crippen LogP contribution in [0.1, 0.15) is 5.56 Å². The van der Waals surface area contributed by atoms with Gasteiger partial charge < -0.3 is 4.98 Å². The minimum atomic E-state index is -0.451. The third-order valence-corrected chi connectivity index (χ3v) is 4.34. The number of para-hydroxylation sites is 3. The summed E-state index contributed by atoms with van der Waals surface area (Å²) in [5, 5.41) is 15.4. The fraction of sp³-hybridized carbons (Fsp3) is 0.0556. The third-order valence-electron chi connectivity index (χ3n) is 3.47. The predicted molar refractivity (Wildman–Crippen MR) is 106 cm³/mol. The number of hydrazone groups is 1. The zero-order valence-electron chi connectivity index (χ0n) is 14.0. The fourth-order valence-corrected chi connectivity index (χ4v) is 2.94. The molecule has 3 aromatic rings. The number of carbonyl (C=O) groups excluding carboxylic acids is 1. The zero-order valence-corrected chi connectivity index (χ0v) is 14.8. The van der Waals surface area contributed by atoms with E-state index in [0.717, 1.165) is 11.0 Å². The molecule has 0 spiro atoms. The standard InChI is InChI=1S/C18H15N5O3S/c24-17(12-27-18-20-14-8-2-3-9-15(14)21-18)22-19-11-5-7-13-6-1-4-10-16(13)23(25)26/h1-11H,12H2,(H,20,21)(H,22,24)/b7-5-,19-11?. The Morgan fingerprint density at radius 1 is 1.26 bits per heavy atom. The van der Waals surface area contributed by atoms with E-state index in [4.69, 9.17) is 0 Å². The molecule has 2 N–H and O–H groups in total. The highest BCUT2D eigenvalue weighted by Crippen LogP contribution is 2.19. The number of carbonyl (C=O) groups is 1. The normalized spacial score (nSPS) is 11.4. The molecule has 8 nitrogen and oxygen atoms in total. The molecule has 0 aliphatic heterocycles. The molecule has 0 atom stereocenters. The Kier molecular flexibility index (Phi) is 5.95. The lowest BCUT2D eigenvalue weighted by molar-refractivity contribution is -0.385. The molecule has 0 unspecified atom stereocenters. The molecule has 0 saturated carbocycles. The highest BCUT2D eigenvalue weighted by atomic mass is 32.2. The third kappa shape index (κ3) is 5.02. The predicted octanol–water partition coefficient (Wildman–Crippen LogP) is 3.38. The largest absolute Gasteiger partial charge is 0.333 e. The molecular formula is C18H15N5O3S. The smallest absolute Gasteiger partial charge is 0.276 e. The van der Waals surface area contributed by atoms with Gasteiger partial charge in [0.25, 0.3) is 11.6 Å². The number of nitro groups is 1. The monoisotopic (exact) mass is 381 g/mol.